The summed E-state index contributed by atoms with van der Waals surface area (Å²) in [6.07, 6.45) is 2.57. The molecule has 2 aromatic heterocycles. The molecule has 1 N–H and O–H groups in total. The lowest BCUT2D eigenvalue weighted by atomic mass is 10.0. The molecule has 0 aromatic carbocycles. The molecule has 1 aliphatic heterocycles. The Hall–Kier alpha value is -1.80. The number of carbonyl (C=O) groups excluding carboxylic acids is 1. The second kappa shape index (κ2) is 9.13. The number of ether oxygens (including phenoxy) is 2. The van der Waals surface area contributed by atoms with Crippen LogP contribution in [0.15, 0.2) is 30.6 Å². The molecule has 0 spiro atoms. The Labute approximate surface area is 177 Å². The lowest BCUT2D eigenvalue weighted by Gasteiger charge is -2.28. The lowest BCUT2D eigenvalue weighted by Crippen LogP contribution is -2.36. The van der Waals surface area contributed by atoms with Gasteiger partial charge in [-0.1, -0.05) is 34.8 Å². The van der Waals surface area contributed by atoms with Gasteiger partial charge in [-0.25, -0.2) is 9.78 Å². The Balaban J connectivity index is 1.77. The summed E-state index contributed by atoms with van der Waals surface area (Å²) in [5.74, 6) is 0.876. The number of nitrogens with one attached hydrogen (secondary N) is 1. The monoisotopic (exact) mass is 444 g/mol. The summed E-state index contributed by atoms with van der Waals surface area (Å²) in [5.41, 5.74) is 3.11. The lowest BCUT2D eigenvalue weighted by molar-refractivity contribution is 0.122. The van der Waals surface area contributed by atoms with Crippen LogP contribution < -0.4 is 10.2 Å². The van der Waals surface area contributed by atoms with E-state index in [0.717, 1.165) is 35.7 Å². The highest BCUT2D eigenvalue weighted by molar-refractivity contribution is 6.67. The molecule has 0 saturated carbocycles. The Morgan fingerprint density at radius 1 is 1.29 bits per heavy atom. The first-order valence-electron chi connectivity index (χ1n) is 8.58. The first kappa shape index (κ1) is 20.9. The number of rotatable bonds is 4. The van der Waals surface area contributed by atoms with Gasteiger partial charge in [0.05, 0.1) is 25.1 Å². The van der Waals surface area contributed by atoms with Crippen molar-refractivity contribution in [2.45, 2.75) is 10.7 Å². The average Bonchev–Trinajstić information content (AvgIpc) is 2.68. The van der Waals surface area contributed by atoms with Gasteiger partial charge in [0.1, 0.15) is 12.4 Å². The summed E-state index contributed by atoms with van der Waals surface area (Å²) in [6, 6.07) is 5.72. The molecule has 2 aromatic rings. The van der Waals surface area contributed by atoms with Gasteiger partial charge in [-0.2, -0.15) is 0 Å². The van der Waals surface area contributed by atoms with Crippen LogP contribution in [0.3, 0.4) is 0 Å². The summed E-state index contributed by atoms with van der Waals surface area (Å²) in [7, 11) is 0. The van der Waals surface area contributed by atoms with Gasteiger partial charge >= 0.3 is 6.09 Å². The van der Waals surface area contributed by atoms with Gasteiger partial charge in [-0.05, 0) is 30.7 Å². The van der Waals surface area contributed by atoms with Gasteiger partial charge in [0.25, 0.3) is 0 Å². The number of morpholine rings is 1. The predicted octanol–water partition coefficient (Wildman–Crippen LogP) is 4.21. The molecule has 1 amide bonds. The van der Waals surface area contributed by atoms with Crippen molar-refractivity contribution in [3.05, 3.63) is 36.3 Å². The predicted molar refractivity (Wildman–Crippen MR) is 110 cm³/mol. The Morgan fingerprint density at radius 2 is 2.04 bits per heavy atom. The van der Waals surface area contributed by atoms with Crippen LogP contribution in [0.1, 0.15) is 5.69 Å². The fourth-order valence-electron chi connectivity index (χ4n) is 2.75. The van der Waals surface area contributed by atoms with E-state index in [1.54, 1.807) is 12.4 Å². The Bertz CT molecular complexity index is 839. The van der Waals surface area contributed by atoms with Gasteiger partial charge in [0.2, 0.25) is 3.79 Å². The van der Waals surface area contributed by atoms with Crippen LogP contribution in [0.2, 0.25) is 0 Å². The number of hydrogen-bond donors (Lipinski definition) is 1. The van der Waals surface area contributed by atoms with Crippen LogP contribution in [0, 0.1) is 6.92 Å². The summed E-state index contributed by atoms with van der Waals surface area (Å²) < 4.78 is 8.61. The van der Waals surface area contributed by atoms with Gasteiger partial charge in [-0.3, -0.25) is 10.3 Å². The van der Waals surface area contributed by atoms with Crippen molar-refractivity contribution in [2.24, 2.45) is 0 Å². The fraction of sp³-hybridized carbons (Fsp3) is 0.389. The standard InChI is InChI=1S/C18H19Cl3N4O3/c1-12-15(9-14(10-23-12)24-17(26)28-11-18(19,20)21)13-2-3-22-16(8-13)25-4-6-27-7-5-25/h2-3,8-10H,4-7,11H2,1H3,(H,24,26). The van der Waals surface area contributed by atoms with E-state index in [1.165, 1.54) is 0 Å². The first-order valence-corrected chi connectivity index (χ1v) is 9.71. The van der Waals surface area contributed by atoms with Crippen molar-refractivity contribution < 1.29 is 14.3 Å². The minimum Gasteiger partial charge on any atom is -0.445 e. The quantitative estimate of drug-likeness (QED) is 0.711. The molecule has 1 saturated heterocycles. The van der Waals surface area contributed by atoms with E-state index in [1.807, 2.05) is 25.1 Å². The number of amides is 1. The number of pyridine rings is 2. The zero-order valence-electron chi connectivity index (χ0n) is 15.1. The van der Waals surface area contributed by atoms with E-state index in [4.69, 9.17) is 44.3 Å². The van der Waals surface area contributed by atoms with Crippen molar-refractivity contribution >= 4 is 52.4 Å². The minimum atomic E-state index is -1.67. The molecule has 10 heteroatoms. The number of carbonyl (C=O) groups is 1. The van der Waals surface area contributed by atoms with Gasteiger partial charge in [0.15, 0.2) is 0 Å². The molecule has 7 nitrogen and oxygen atoms in total. The smallest absolute Gasteiger partial charge is 0.411 e. The highest BCUT2D eigenvalue weighted by Gasteiger charge is 2.22. The Kier molecular flexibility index (Phi) is 6.82. The topological polar surface area (TPSA) is 76.6 Å². The number of aryl methyl sites for hydroxylation is 1. The number of aromatic nitrogens is 2. The fourth-order valence-corrected chi connectivity index (χ4v) is 2.91. The van der Waals surface area contributed by atoms with Crippen molar-refractivity contribution in [1.29, 1.82) is 0 Å². The average molecular weight is 446 g/mol. The molecule has 1 aliphatic rings. The van der Waals surface area contributed by atoms with Crippen molar-refractivity contribution in [2.75, 3.05) is 43.1 Å². The van der Waals surface area contributed by atoms with E-state index in [0.29, 0.717) is 18.9 Å². The maximum Gasteiger partial charge on any atom is 0.411 e. The SMILES string of the molecule is Cc1ncc(NC(=O)OCC(Cl)(Cl)Cl)cc1-c1ccnc(N2CCOCC2)c1. The van der Waals surface area contributed by atoms with E-state index >= 15 is 0 Å². The van der Waals surface area contributed by atoms with E-state index in [9.17, 15) is 4.79 Å². The van der Waals surface area contributed by atoms with Gasteiger partial charge < -0.3 is 14.4 Å². The molecule has 1 fully saturated rings. The molecule has 0 atom stereocenters. The second-order valence-corrected chi connectivity index (χ2v) is 8.69. The van der Waals surface area contributed by atoms with E-state index in [2.05, 4.69) is 20.2 Å². The Morgan fingerprint density at radius 3 is 2.75 bits per heavy atom. The van der Waals surface area contributed by atoms with Crippen LogP contribution >= 0.6 is 34.8 Å². The van der Waals surface area contributed by atoms with Crippen LogP contribution in [-0.4, -0.2) is 52.8 Å². The molecule has 0 unspecified atom stereocenters. The molecule has 0 aliphatic carbocycles. The van der Waals surface area contributed by atoms with Crippen LogP contribution in [0.5, 0.6) is 0 Å². The van der Waals surface area contributed by atoms with Crippen LogP contribution in [0.25, 0.3) is 11.1 Å². The number of halogens is 3. The third-order valence-corrected chi connectivity index (χ3v) is 4.42. The van der Waals surface area contributed by atoms with Gasteiger partial charge in [0, 0.05) is 30.5 Å². The summed E-state index contributed by atoms with van der Waals surface area (Å²) >= 11 is 16.7. The third-order valence-electron chi connectivity index (χ3n) is 4.09. The largest absolute Gasteiger partial charge is 0.445 e. The van der Waals surface area contributed by atoms with Crippen molar-refractivity contribution in [1.82, 2.24) is 9.97 Å². The molecule has 150 valence electrons. The van der Waals surface area contributed by atoms with Crippen molar-refractivity contribution in [3.63, 3.8) is 0 Å². The molecule has 0 radical (unpaired) electrons. The maximum atomic E-state index is 11.9. The zero-order valence-corrected chi connectivity index (χ0v) is 17.4. The highest BCUT2D eigenvalue weighted by Crippen LogP contribution is 2.28. The highest BCUT2D eigenvalue weighted by atomic mass is 35.6. The number of nitrogens with zero attached hydrogens (tertiary/aromatic N) is 3. The normalized spacial score (nSPS) is 14.6. The molecular formula is C18H19Cl3N4O3. The summed E-state index contributed by atoms with van der Waals surface area (Å²) in [6.45, 7) is 4.50. The molecule has 28 heavy (non-hydrogen) atoms. The molecule has 3 rings (SSSR count). The van der Waals surface area contributed by atoms with Crippen LogP contribution in [-0.2, 0) is 9.47 Å². The number of hydrogen-bond acceptors (Lipinski definition) is 6. The molecular weight excluding hydrogens is 427 g/mol. The second-order valence-electron chi connectivity index (χ2n) is 6.18. The van der Waals surface area contributed by atoms with Crippen LogP contribution in [0.4, 0.5) is 16.3 Å². The van der Waals surface area contributed by atoms with Crippen molar-refractivity contribution in [3.8, 4) is 11.1 Å². The number of alkyl halides is 3. The molecule has 0 bridgehead atoms. The minimum absolute atomic E-state index is 0.358. The first-order chi connectivity index (χ1) is 13.3. The van der Waals surface area contributed by atoms with E-state index < -0.39 is 9.89 Å². The molecule has 3 heterocycles. The third kappa shape index (κ3) is 5.85. The zero-order chi connectivity index (χ0) is 20.1. The van der Waals surface area contributed by atoms with E-state index in [-0.39, 0.29) is 6.61 Å². The number of anilines is 2. The summed E-state index contributed by atoms with van der Waals surface area (Å²) in [5, 5.41) is 2.59. The summed E-state index contributed by atoms with van der Waals surface area (Å²) in [4.78, 5) is 22.9. The maximum absolute atomic E-state index is 11.9. The van der Waals surface area contributed by atoms with Gasteiger partial charge in [-0.15, -0.1) is 0 Å².